The van der Waals surface area contributed by atoms with Crippen molar-refractivity contribution in [2.75, 3.05) is 6.54 Å². The lowest BCUT2D eigenvalue weighted by molar-refractivity contribution is -0.147. The molecule has 0 unspecified atom stereocenters. The molecule has 118 valence electrons. The molecule has 0 aliphatic heterocycles. The van der Waals surface area contributed by atoms with Gasteiger partial charge >= 0.3 is 8.80 Å². The summed E-state index contributed by atoms with van der Waals surface area (Å²) in [6, 6.07) is 0.0170. The zero-order chi connectivity index (χ0) is 16.5. The number of amides is 1. The van der Waals surface area contributed by atoms with Crippen LogP contribution < -0.4 is 5.32 Å². The summed E-state index contributed by atoms with van der Waals surface area (Å²) in [5, 5.41) is 2.51. The van der Waals surface area contributed by atoms with Crippen LogP contribution in [-0.2, 0) is 32.5 Å². The molecule has 21 heavy (non-hydrogen) atoms. The largest absolute Gasteiger partial charge is 0.705 e. The Morgan fingerprint density at radius 2 is 1.43 bits per heavy atom. The summed E-state index contributed by atoms with van der Waals surface area (Å²) in [4.78, 5) is 44.5. The molecule has 0 aliphatic rings. The van der Waals surface area contributed by atoms with Gasteiger partial charge in [0.05, 0.1) is 6.04 Å². The van der Waals surface area contributed by atoms with Crippen molar-refractivity contribution in [1.29, 1.82) is 0 Å². The van der Waals surface area contributed by atoms with E-state index in [1.807, 2.05) is 0 Å². The van der Waals surface area contributed by atoms with E-state index < -0.39 is 26.7 Å². The molecule has 0 heterocycles. The van der Waals surface area contributed by atoms with E-state index in [9.17, 15) is 19.2 Å². The molecule has 0 saturated heterocycles. The molecule has 0 bridgehead atoms. The Labute approximate surface area is 123 Å². The first kappa shape index (κ1) is 18.8. The van der Waals surface area contributed by atoms with Gasteiger partial charge in [-0.1, -0.05) is 6.58 Å². The van der Waals surface area contributed by atoms with Crippen LogP contribution in [0.25, 0.3) is 0 Å². The van der Waals surface area contributed by atoms with Crippen molar-refractivity contribution in [3.8, 4) is 0 Å². The van der Waals surface area contributed by atoms with Crippen LogP contribution in [0.1, 0.15) is 27.2 Å². The topological polar surface area (TPSA) is 108 Å². The maximum Gasteiger partial charge on any atom is 0.705 e. The second-order valence-corrected chi connectivity index (χ2v) is 6.54. The van der Waals surface area contributed by atoms with E-state index in [0.29, 0.717) is 6.42 Å². The van der Waals surface area contributed by atoms with Gasteiger partial charge in [-0.2, -0.15) is 0 Å². The summed E-state index contributed by atoms with van der Waals surface area (Å²) in [6.45, 7) is 6.88. The Morgan fingerprint density at radius 1 is 1.00 bits per heavy atom. The molecule has 0 aromatic carbocycles. The predicted molar refractivity (Wildman–Crippen MR) is 73.7 cm³/mol. The molecule has 1 N–H and O–H groups in total. The van der Waals surface area contributed by atoms with Gasteiger partial charge in [-0.25, -0.2) is 0 Å². The number of nitrogens with one attached hydrogen (secondary N) is 1. The van der Waals surface area contributed by atoms with E-state index in [1.165, 1.54) is 0 Å². The van der Waals surface area contributed by atoms with Gasteiger partial charge < -0.3 is 18.6 Å². The molecule has 0 rings (SSSR count). The van der Waals surface area contributed by atoms with Crippen LogP contribution in [0.5, 0.6) is 0 Å². The Balaban J connectivity index is 4.84. The first-order valence-electron chi connectivity index (χ1n) is 6.20. The molecule has 9 heteroatoms. The van der Waals surface area contributed by atoms with Gasteiger partial charge in [0.2, 0.25) is 5.91 Å². The summed E-state index contributed by atoms with van der Waals surface area (Å²) >= 11 is 0. The summed E-state index contributed by atoms with van der Waals surface area (Å²) in [6.07, 6.45) is 1.40. The summed E-state index contributed by atoms with van der Waals surface area (Å²) in [5.74, 6) is -2.53. The van der Waals surface area contributed by atoms with Gasteiger partial charge in [-0.05, 0) is 12.5 Å². The molecule has 8 nitrogen and oxygen atoms in total. The number of rotatable bonds is 8. The van der Waals surface area contributed by atoms with Gasteiger partial charge in [0.25, 0.3) is 17.9 Å². The highest BCUT2D eigenvalue weighted by Crippen LogP contribution is 2.19. The lowest BCUT2D eigenvalue weighted by atomic mass is 10.4. The van der Waals surface area contributed by atoms with Crippen molar-refractivity contribution in [2.45, 2.75) is 33.2 Å². The van der Waals surface area contributed by atoms with E-state index in [4.69, 9.17) is 13.3 Å². The minimum atomic E-state index is -3.79. The lowest BCUT2D eigenvalue weighted by Gasteiger charge is -2.26. The summed E-state index contributed by atoms with van der Waals surface area (Å²) in [5.41, 5.74) is 0. The molecule has 0 spiro atoms. The van der Waals surface area contributed by atoms with E-state index in [1.54, 1.807) is 0 Å². The number of hydrogen-bond donors (Lipinski definition) is 1. The minimum Gasteiger partial charge on any atom is -0.455 e. The Hall–Kier alpha value is -2.16. The van der Waals surface area contributed by atoms with Gasteiger partial charge in [-0.15, -0.1) is 0 Å². The second kappa shape index (κ2) is 8.90. The first-order valence-corrected chi connectivity index (χ1v) is 8.13. The second-order valence-electron chi connectivity index (χ2n) is 4.06. The fourth-order valence-electron chi connectivity index (χ4n) is 1.46. The third kappa shape index (κ3) is 8.58. The van der Waals surface area contributed by atoms with Gasteiger partial charge in [0.1, 0.15) is 0 Å². The number of carbonyl (C=O) groups is 4. The van der Waals surface area contributed by atoms with Gasteiger partial charge in [-0.3, -0.25) is 19.2 Å². The van der Waals surface area contributed by atoms with Gasteiger partial charge in [0, 0.05) is 27.3 Å². The molecular formula is C12H19NO7Si. The van der Waals surface area contributed by atoms with Crippen molar-refractivity contribution in [3.63, 3.8) is 0 Å². The number of carbonyl (C=O) groups excluding carboxylic acids is 4. The van der Waals surface area contributed by atoms with E-state index in [0.717, 1.165) is 26.8 Å². The van der Waals surface area contributed by atoms with Crippen molar-refractivity contribution in [2.24, 2.45) is 0 Å². The average Bonchev–Trinajstić information content (AvgIpc) is 2.31. The van der Waals surface area contributed by atoms with Crippen LogP contribution in [0, 0.1) is 0 Å². The monoisotopic (exact) mass is 317 g/mol. The fraction of sp³-hybridized carbons (Fsp3) is 0.500. The van der Waals surface area contributed by atoms with Crippen molar-refractivity contribution in [1.82, 2.24) is 5.32 Å². The van der Waals surface area contributed by atoms with E-state index >= 15 is 0 Å². The van der Waals surface area contributed by atoms with Crippen LogP contribution in [0.2, 0.25) is 6.04 Å². The zero-order valence-corrected chi connectivity index (χ0v) is 13.3. The minimum absolute atomic E-state index is 0.0170. The molecule has 0 aromatic heterocycles. The normalized spacial score (nSPS) is 10.2. The van der Waals surface area contributed by atoms with E-state index in [-0.39, 0.29) is 18.5 Å². The molecule has 0 aliphatic carbocycles. The van der Waals surface area contributed by atoms with Crippen molar-refractivity contribution < 1.29 is 32.5 Å². The third-order valence-corrected chi connectivity index (χ3v) is 4.80. The zero-order valence-electron chi connectivity index (χ0n) is 12.3. The van der Waals surface area contributed by atoms with E-state index in [2.05, 4.69) is 11.9 Å². The quantitative estimate of drug-likeness (QED) is 0.390. The summed E-state index contributed by atoms with van der Waals surface area (Å²) < 4.78 is 14.9. The molecular weight excluding hydrogens is 298 g/mol. The van der Waals surface area contributed by atoms with Crippen LogP contribution in [0.4, 0.5) is 0 Å². The van der Waals surface area contributed by atoms with Crippen LogP contribution in [-0.4, -0.2) is 39.2 Å². The van der Waals surface area contributed by atoms with Crippen molar-refractivity contribution >= 4 is 32.6 Å². The van der Waals surface area contributed by atoms with Crippen LogP contribution in [0.15, 0.2) is 12.7 Å². The van der Waals surface area contributed by atoms with Crippen LogP contribution in [0.3, 0.4) is 0 Å². The fourth-order valence-corrected chi connectivity index (χ4v) is 3.82. The maximum atomic E-state index is 11.2. The third-order valence-electron chi connectivity index (χ3n) is 2.04. The predicted octanol–water partition coefficient (Wildman–Crippen LogP) is 0.307. The Kier molecular flexibility index (Phi) is 7.98. The molecule has 0 saturated carbocycles. The Morgan fingerprint density at radius 3 is 1.76 bits per heavy atom. The molecule has 0 radical (unpaired) electrons. The number of hydrogen-bond acceptors (Lipinski definition) is 7. The summed E-state index contributed by atoms with van der Waals surface area (Å²) in [7, 11) is -3.79. The SMILES string of the molecule is C=CC(=O)NCCC[Si](OC(C)=O)(OC(C)=O)OC(C)=O. The van der Waals surface area contributed by atoms with Gasteiger partial charge in [0.15, 0.2) is 0 Å². The standard InChI is InChI=1S/C12H19NO7Si/c1-5-12(17)13-7-6-8-21(18-9(2)14,19-10(3)15)20-11(4)16/h5H,1,6-8H2,2-4H3,(H,13,17). The highest BCUT2D eigenvalue weighted by atomic mass is 28.4. The molecule has 0 fully saturated rings. The maximum absolute atomic E-state index is 11.2. The Bertz CT molecular complexity index is 395. The molecule has 0 atom stereocenters. The highest BCUT2D eigenvalue weighted by molar-refractivity contribution is 6.65. The van der Waals surface area contributed by atoms with Crippen molar-refractivity contribution in [3.05, 3.63) is 12.7 Å². The highest BCUT2D eigenvalue weighted by Gasteiger charge is 2.51. The lowest BCUT2D eigenvalue weighted by Crippen LogP contribution is -2.49. The van der Waals surface area contributed by atoms with Crippen LogP contribution >= 0.6 is 0 Å². The smallest absolute Gasteiger partial charge is 0.455 e. The molecule has 1 amide bonds. The average molecular weight is 317 g/mol. The molecule has 0 aromatic rings. The first-order chi connectivity index (χ1) is 9.70.